The molecule has 0 unspecified atom stereocenters. The van der Waals surface area contributed by atoms with Crippen molar-refractivity contribution >= 4 is 24.8 Å². The van der Waals surface area contributed by atoms with Crippen LogP contribution in [-0.2, 0) is 0 Å². The second-order valence-corrected chi connectivity index (χ2v) is 2.73. The molecule has 0 bridgehead atoms. The molecule has 15 heavy (non-hydrogen) atoms. The third-order valence-corrected chi connectivity index (χ3v) is 1.72. The minimum absolute atomic E-state index is 0. The molecule has 1 rings (SSSR count). The van der Waals surface area contributed by atoms with Crippen molar-refractivity contribution in [2.75, 3.05) is 0 Å². The Balaban J connectivity index is 0. The molecule has 0 aromatic rings. The third-order valence-electron chi connectivity index (χ3n) is 1.72. The van der Waals surface area contributed by atoms with Gasteiger partial charge in [0.15, 0.2) is 0 Å². The van der Waals surface area contributed by atoms with E-state index in [1.54, 1.807) is 12.2 Å². The molecule has 1 radical (unpaired) electrons. The summed E-state index contributed by atoms with van der Waals surface area (Å²) in [5.74, 6) is -0.215. The topological polar surface area (TPSA) is 35.4 Å². The average Bonchev–Trinajstić information content (AvgIpc) is 2.15. The van der Waals surface area contributed by atoms with Crippen LogP contribution >= 0.6 is 0 Å². The Morgan fingerprint density at radius 3 is 2.80 bits per heavy atom. The third kappa shape index (κ3) is 5.31. The van der Waals surface area contributed by atoms with E-state index in [4.69, 9.17) is 0 Å². The summed E-state index contributed by atoms with van der Waals surface area (Å²) >= 11 is 0. The van der Waals surface area contributed by atoms with E-state index < -0.39 is 0 Å². The van der Waals surface area contributed by atoms with Crippen molar-refractivity contribution in [2.24, 2.45) is 4.99 Å². The van der Waals surface area contributed by atoms with Crippen molar-refractivity contribution in [1.29, 1.82) is 0 Å². The van der Waals surface area contributed by atoms with Crippen LogP contribution in [0, 0.1) is 0 Å². The van der Waals surface area contributed by atoms with Crippen molar-refractivity contribution in [3.63, 3.8) is 0 Å². The van der Waals surface area contributed by atoms with Gasteiger partial charge in [0.05, 0.1) is 0 Å². The van der Waals surface area contributed by atoms with Gasteiger partial charge in [-0.1, -0.05) is 30.9 Å². The molecule has 0 N–H and O–H groups in total. The van der Waals surface area contributed by atoms with E-state index in [9.17, 15) is 5.11 Å². The number of hydrogen-bond acceptors (Lipinski definition) is 2. The Morgan fingerprint density at radius 1 is 1.60 bits per heavy atom. The first-order valence-corrected chi connectivity index (χ1v) is 4.17. The zero-order chi connectivity index (χ0) is 9.68. The van der Waals surface area contributed by atoms with E-state index in [1.807, 2.05) is 19.1 Å². The van der Waals surface area contributed by atoms with Gasteiger partial charge >= 0.3 is 18.9 Å². The molecule has 1 aliphatic carbocycles. The first kappa shape index (κ1) is 17.0. The molecule has 0 amide bonds. The summed E-state index contributed by atoms with van der Waals surface area (Å²) in [6.45, 7) is 5.62. The quantitative estimate of drug-likeness (QED) is 0.290. The number of nitrogens with zero attached hydrogens (tertiary/aromatic N) is 1. The standard InChI is InChI=1S/C11H13NO.2Li/c1-3-8-12-11(13)10-7-5-4-6-9(10)2;;/h3-5,7-8H,2,6H2,1H3,(H,12,13);;/q;;+1/p-1/b8-3+;;. The minimum Gasteiger partial charge on any atom is -0.858 e. The van der Waals surface area contributed by atoms with Gasteiger partial charge in [-0.25, -0.2) is 0 Å². The molecule has 0 fully saturated rings. The SMILES string of the molecule is C=C1CC=CC=C1C([O-])=N/C=C/C.[Li+].[Li]. The van der Waals surface area contributed by atoms with Crippen molar-refractivity contribution in [2.45, 2.75) is 13.3 Å². The summed E-state index contributed by atoms with van der Waals surface area (Å²) in [5.41, 5.74) is 1.45. The molecule has 0 spiro atoms. The van der Waals surface area contributed by atoms with E-state index in [-0.39, 0.29) is 43.6 Å². The molecule has 0 atom stereocenters. The molecule has 2 nitrogen and oxygen atoms in total. The van der Waals surface area contributed by atoms with Gasteiger partial charge < -0.3 is 5.11 Å². The maximum atomic E-state index is 11.4. The normalized spacial score (nSPS) is 15.7. The zero-order valence-corrected chi connectivity index (χ0v) is 9.66. The van der Waals surface area contributed by atoms with Crippen molar-refractivity contribution in [1.82, 2.24) is 0 Å². The molecule has 0 saturated heterocycles. The molecular weight excluding hydrogens is 176 g/mol. The van der Waals surface area contributed by atoms with Crippen LogP contribution in [0.2, 0.25) is 0 Å². The Bertz CT molecular complexity index is 327. The van der Waals surface area contributed by atoms with Gasteiger partial charge in [-0.2, -0.15) is 0 Å². The first-order chi connectivity index (χ1) is 6.25. The number of hydrogen-bond donors (Lipinski definition) is 0. The summed E-state index contributed by atoms with van der Waals surface area (Å²) in [7, 11) is 0. The fourth-order valence-electron chi connectivity index (χ4n) is 1.04. The second-order valence-electron chi connectivity index (χ2n) is 2.73. The summed E-state index contributed by atoms with van der Waals surface area (Å²) in [6, 6.07) is 0. The summed E-state index contributed by atoms with van der Waals surface area (Å²) in [6.07, 6.45) is 9.53. The minimum atomic E-state index is -0.215. The van der Waals surface area contributed by atoms with E-state index >= 15 is 0 Å². The van der Waals surface area contributed by atoms with Gasteiger partial charge in [0.25, 0.3) is 0 Å². The van der Waals surface area contributed by atoms with Crippen LogP contribution in [0.3, 0.4) is 0 Å². The first-order valence-electron chi connectivity index (χ1n) is 4.17. The molecule has 0 aromatic carbocycles. The van der Waals surface area contributed by atoms with Gasteiger partial charge in [0.2, 0.25) is 0 Å². The fraction of sp³-hybridized carbons (Fsp3) is 0.182. The largest absolute Gasteiger partial charge is 1.00 e. The van der Waals surface area contributed by atoms with Gasteiger partial charge in [-0.15, -0.1) is 0 Å². The second kappa shape index (κ2) is 8.90. The number of aliphatic imine (C=N–C) groups is 1. The summed E-state index contributed by atoms with van der Waals surface area (Å²) in [4.78, 5) is 3.73. The van der Waals surface area contributed by atoms with Crippen LogP contribution < -0.4 is 24.0 Å². The predicted molar refractivity (Wildman–Crippen MR) is 59.0 cm³/mol. The van der Waals surface area contributed by atoms with Crippen LogP contribution in [-0.4, -0.2) is 24.8 Å². The number of allylic oxidation sites excluding steroid dienone is 4. The maximum absolute atomic E-state index is 11.4. The van der Waals surface area contributed by atoms with Gasteiger partial charge in [-0.3, -0.25) is 4.99 Å². The Morgan fingerprint density at radius 2 is 2.27 bits per heavy atom. The van der Waals surface area contributed by atoms with Crippen molar-refractivity contribution in [3.8, 4) is 0 Å². The van der Waals surface area contributed by atoms with E-state index in [1.165, 1.54) is 6.20 Å². The molecule has 1 aliphatic rings. The zero-order valence-electron chi connectivity index (χ0n) is 9.66. The Labute approximate surface area is 115 Å². The predicted octanol–water partition coefficient (Wildman–Crippen LogP) is -1.66. The van der Waals surface area contributed by atoms with Gasteiger partial charge in [0, 0.05) is 25.1 Å². The molecule has 0 aromatic heterocycles. The molecule has 0 heterocycles. The van der Waals surface area contributed by atoms with Crippen LogP contribution in [0.4, 0.5) is 0 Å². The molecule has 69 valence electrons. The van der Waals surface area contributed by atoms with Crippen LogP contribution in [0.5, 0.6) is 0 Å². The molecule has 0 saturated carbocycles. The summed E-state index contributed by atoms with van der Waals surface area (Å²) < 4.78 is 0. The van der Waals surface area contributed by atoms with Crippen molar-refractivity contribution in [3.05, 3.63) is 48.2 Å². The van der Waals surface area contributed by atoms with Crippen LogP contribution in [0.1, 0.15) is 13.3 Å². The average molecular weight is 188 g/mol. The van der Waals surface area contributed by atoms with E-state index in [0.29, 0.717) is 5.57 Å². The van der Waals surface area contributed by atoms with Crippen molar-refractivity contribution < 1.29 is 24.0 Å². The smallest absolute Gasteiger partial charge is 0.858 e. The Hall–Kier alpha value is -0.375. The van der Waals surface area contributed by atoms with Gasteiger partial charge in [-0.05, 0) is 30.4 Å². The van der Waals surface area contributed by atoms with E-state index in [2.05, 4.69) is 11.6 Å². The fourth-order valence-corrected chi connectivity index (χ4v) is 1.04. The van der Waals surface area contributed by atoms with Gasteiger partial charge in [0.1, 0.15) is 0 Å². The molecular formula is C11H12Li2NO. The molecule has 4 heteroatoms. The van der Waals surface area contributed by atoms with E-state index in [0.717, 1.165) is 12.0 Å². The number of rotatable bonds is 2. The monoisotopic (exact) mass is 188 g/mol. The van der Waals surface area contributed by atoms with Crippen LogP contribution in [0.25, 0.3) is 0 Å². The Kier molecular flexibility index (Phi) is 10.1. The summed E-state index contributed by atoms with van der Waals surface area (Å²) in [5, 5.41) is 11.4. The maximum Gasteiger partial charge on any atom is 1.00 e. The van der Waals surface area contributed by atoms with Crippen LogP contribution in [0.15, 0.2) is 53.2 Å². The molecule has 0 aliphatic heterocycles.